The Hall–Kier alpha value is -1.22. The lowest BCUT2D eigenvalue weighted by Gasteiger charge is -2.39. The molecule has 0 aromatic heterocycles. The van der Waals surface area contributed by atoms with Gasteiger partial charge in [-0.25, -0.2) is 0 Å². The molecule has 0 spiro atoms. The third-order valence-electron chi connectivity index (χ3n) is 4.55. The normalized spacial score (nSPS) is 19.1. The van der Waals surface area contributed by atoms with E-state index in [1.54, 1.807) is 13.0 Å². The van der Waals surface area contributed by atoms with Gasteiger partial charge < -0.3 is 15.1 Å². The zero-order valence-electron chi connectivity index (χ0n) is 13.1. The molecule has 112 valence electrons. The number of piperidine rings is 1. The fourth-order valence-corrected chi connectivity index (χ4v) is 3.09. The second-order valence-electron chi connectivity index (χ2n) is 7.05. The molecule has 20 heavy (non-hydrogen) atoms. The monoisotopic (exact) mass is 277 g/mol. The first-order chi connectivity index (χ1) is 9.29. The van der Waals surface area contributed by atoms with Gasteiger partial charge in [-0.1, -0.05) is 26.8 Å². The van der Waals surface area contributed by atoms with Crippen LogP contribution in [-0.2, 0) is 0 Å². The number of phenolic OH excluding ortho intramolecular Hbond substituents is 1. The Balaban J connectivity index is 2.06. The van der Waals surface area contributed by atoms with Crippen molar-refractivity contribution < 1.29 is 10.2 Å². The van der Waals surface area contributed by atoms with Crippen LogP contribution in [0.4, 0.5) is 5.69 Å². The summed E-state index contributed by atoms with van der Waals surface area (Å²) in [7, 11) is 0. The maximum Gasteiger partial charge on any atom is 0.123 e. The SMILES string of the molecule is CC(O)c1ccc(N2CCC(C(C)(C)C)CC2)cc1O. The van der Waals surface area contributed by atoms with Crippen LogP contribution < -0.4 is 4.90 Å². The van der Waals surface area contributed by atoms with Gasteiger partial charge >= 0.3 is 0 Å². The van der Waals surface area contributed by atoms with E-state index in [1.807, 2.05) is 12.1 Å². The van der Waals surface area contributed by atoms with E-state index in [-0.39, 0.29) is 5.75 Å². The molecule has 3 nitrogen and oxygen atoms in total. The molecule has 0 radical (unpaired) electrons. The van der Waals surface area contributed by atoms with Crippen molar-refractivity contribution in [3.63, 3.8) is 0 Å². The lowest BCUT2D eigenvalue weighted by atomic mass is 9.75. The zero-order valence-corrected chi connectivity index (χ0v) is 13.1. The van der Waals surface area contributed by atoms with Crippen molar-refractivity contribution in [3.8, 4) is 5.75 Å². The summed E-state index contributed by atoms with van der Waals surface area (Å²) in [5.74, 6) is 0.958. The Labute approximate surface area is 122 Å². The number of anilines is 1. The van der Waals surface area contributed by atoms with Crippen LogP contribution in [0, 0.1) is 11.3 Å². The molecule has 2 rings (SSSR count). The van der Waals surface area contributed by atoms with Crippen molar-refractivity contribution >= 4 is 5.69 Å². The van der Waals surface area contributed by atoms with Crippen LogP contribution in [0.25, 0.3) is 0 Å². The van der Waals surface area contributed by atoms with Crippen molar-refractivity contribution in [2.24, 2.45) is 11.3 Å². The molecule has 0 saturated carbocycles. The molecular weight excluding hydrogens is 250 g/mol. The second kappa shape index (κ2) is 5.65. The Kier molecular flexibility index (Phi) is 4.28. The highest BCUT2D eigenvalue weighted by molar-refractivity contribution is 5.54. The first-order valence-electron chi connectivity index (χ1n) is 7.55. The topological polar surface area (TPSA) is 43.7 Å². The maximum atomic E-state index is 9.99. The molecule has 1 fully saturated rings. The lowest BCUT2D eigenvalue weighted by Crippen LogP contribution is -2.38. The van der Waals surface area contributed by atoms with Crippen LogP contribution in [0.3, 0.4) is 0 Å². The Morgan fingerprint density at radius 2 is 1.80 bits per heavy atom. The summed E-state index contributed by atoms with van der Waals surface area (Å²) in [6, 6.07) is 5.60. The van der Waals surface area contributed by atoms with Crippen LogP contribution in [0.15, 0.2) is 18.2 Å². The molecule has 0 aliphatic carbocycles. The molecule has 1 unspecified atom stereocenters. The minimum absolute atomic E-state index is 0.190. The van der Waals surface area contributed by atoms with Gasteiger partial charge in [0.05, 0.1) is 6.10 Å². The third kappa shape index (κ3) is 3.26. The Morgan fingerprint density at radius 1 is 1.20 bits per heavy atom. The lowest BCUT2D eigenvalue weighted by molar-refractivity contribution is 0.194. The zero-order chi connectivity index (χ0) is 14.9. The first-order valence-corrected chi connectivity index (χ1v) is 7.55. The highest BCUT2D eigenvalue weighted by Gasteiger charge is 2.29. The number of aliphatic hydroxyl groups is 1. The average molecular weight is 277 g/mol. The molecule has 1 saturated heterocycles. The van der Waals surface area contributed by atoms with Gasteiger partial charge in [-0.2, -0.15) is 0 Å². The molecule has 1 heterocycles. The summed E-state index contributed by atoms with van der Waals surface area (Å²) in [6.07, 6.45) is 1.76. The van der Waals surface area contributed by atoms with E-state index >= 15 is 0 Å². The van der Waals surface area contributed by atoms with Crippen molar-refractivity contribution in [2.75, 3.05) is 18.0 Å². The van der Waals surface area contributed by atoms with E-state index in [1.165, 1.54) is 12.8 Å². The van der Waals surface area contributed by atoms with Gasteiger partial charge in [-0.05, 0) is 37.2 Å². The number of benzene rings is 1. The van der Waals surface area contributed by atoms with Gasteiger partial charge in [0.25, 0.3) is 0 Å². The molecule has 1 aromatic carbocycles. The van der Waals surface area contributed by atoms with Gasteiger partial charge in [0, 0.05) is 30.4 Å². The quantitative estimate of drug-likeness (QED) is 0.866. The molecule has 1 aliphatic heterocycles. The second-order valence-corrected chi connectivity index (χ2v) is 7.05. The van der Waals surface area contributed by atoms with Crippen molar-refractivity contribution in [1.29, 1.82) is 0 Å². The van der Waals surface area contributed by atoms with Gasteiger partial charge in [-0.3, -0.25) is 0 Å². The van der Waals surface area contributed by atoms with Crippen molar-refractivity contribution in [2.45, 2.75) is 46.6 Å². The molecular formula is C17H27NO2. The highest BCUT2D eigenvalue weighted by Crippen LogP contribution is 2.36. The summed E-state index contributed by atoms with van der Waals surface area (Å²) < 4.78 is 0. The average Bonchev–Trinajstić information content (AvgIpc) is 2.37. The number of rotatable bonds is 2. The predicted molar refractivity (Wildman–Crippen MR) is 83.1 cm³/mol. The Morgan fingerprint density at radius 3 is 2.25 bits per heavy atom. The number of phenols is 1. The number of hydrogen-bond acceptors (Lipinski definition) is 3. The highest BCUT2D eigenvalue weighted by atomic mass is 16.3. The molecule has 1 aliphatic rings. The van der Waals surface area contributed by atoms with Crippen LogP contribution in [0.1, 0.15) is 52.2 Å². The molecule has 0 amide bonds. The number of aliphatic hydroxyl groups excluding tert-OH is 1. The molecule has 2 N–H and O–H groups in total. The third-order valence-corrected chi connectivity index (χ3v) is 4.55. The fraction of sp³-hybridized carbons (Fsp3) is 0.647. The van der Waals surface area contributed by atoms with Gasteiger partial charge in [-0.15, -0.1) is 0 Å². The van der Waals surface area contributed by atoms with Crippen LogP contribution in [0.5, 0.6) is 5.75 Å². The van der Waals surface area contributed by atoms with E-state index in [0.29, 0.717) is 11.0 Å². The number of nitrogens with zero attached hydrogens (tertiary/aromatic N) is 1. The van der Waals surface area contributed by atoms with Crippen molar-refractivity contribution in [1.82, 2.24) is 0 Å². The standard InChI is InChI=1S/C17H27NO2/c1-12(19)15-6-5-14(11-16(15)20)18-9-7-13(8-10-18)17(2,3)4/h5-6,11-13,19-20H,7-10H2,1-4H3. The smallest absolute Gasteiger partial charge is 0.123 e. The van der Waals surface area contributed by atoms with E-state index in [4.69, 9.17) is 0 Å². The van der Waals surface area contributed by atoms with Crippen LogP contribution in [0.2, 0.25) is 0 Å². The maximum absolute atomic E-state index is 9.99. The van der Waals surface area contributed by atoms with E-state index in [2.05, 4.69) is 25.7 Å². The molecule has 0 bridgehead atoms. The van der Waals surface area contributed by atoms with Gasteiger partial charge in [0.1, 0.15) is 5.75 Å². The van der Waals surface area contributed by atoms with Gasteiger partial charge in [0.2, 0.25) is 0 Å². The number of hydrogen-bond donors (Lipinski definition) is 2. The van der Waals surface area contributed by atoms with E-state index in [0.717, 1.165) is 24.7 Å². The molecule has 1 aromatic rings. The molecule has 1 atom stereocenters. The predicted octanol–water partition coefficient (Wildman–Crippen LogP) is 3.71. The summed E-state index contributed by atoms with van der Waals surface area (Å²) in [6.45, 7) is 10.7. The van der Waals surface area contributed by atoms with E-state index in [9.17, 15) is 10.2 Å². The summed E-state index contributed by atoms with van der Waals surface area (Å²) in [5, 5.41) is 19.5. The fourth-order valence-electron chi connectivity index (χ4n) is 3.09. The Bertz CT molecular complexity index is 455. The largest absolute Gasteiger partial charge is 0.507 e. The summed E-state index contributed by atoms with van der Waals surface area (Å²) in [4.78, 5) is 2.33. The minimum Gasteiger partial charge on any atom is -0.507 e. The minimum atomic E-state index is -0.629. The first kappa shape index (κ1) is 15.2. The van der Waals surface area contributed by atoms with Crippen LogP contribution >= 0.6 is 0 Å². The van der Waals surface area contributed by atoms with E-state index < -0.39 is 6.10 Å². The van der Waals surface area contributed by atoms with Gasteiger partial charge in [0.15, 0.2) is 0 Å². The number of aromatic hydroxyl groups is 1. The summed E-state index contributed by atoms with van der Waals surface area (Å²) in [5.41, 5.74) is 2.03. The van der Waals surface area contributed by atoms with Crippen LogP contribution in [-0.4, -0.2) is 23.3 Å². The molecule has 3 heteroatoms. The van der Waals surface area contributed by atoms with Crippen molar-refractivity contribution in [3.05, 3.63) is 23.8 Å². The summed E-state index contributed by atoms with van der Waals surface area (Å²) >= 11 is 0.